The van der Waals surface area contributed by atoms with Gasteiger partial charge in [-0.25, -0.2) is 9.18 Å². The number of benzene rings is 1. The van der Waals surface area contributed by atoms with E-state index in [1.807, 2.05) is 0 Å². The van der Waals surface area contributed by atoms with Gasteiger partial charge >= 0.3 is 13.6 Å². The smallest absolute Gasteiger partial charge is 0.369 e. The molecule has 1 heterocycles. The molecule has 0 amide bonds. The van der Waals surface area contributed by atoms with Crippen LogP contribution in [0.5, 0.6) is 0 Å². The lowest BCUT2D eigenvalue weighted by atomic mass is 10.1. The molecular weight excluding hydrogens is 366 g/mol. The Labute approximate surface area is 149 Å². The van der Waals surface area contributed by atoms with Crippen molar-refractivity contribution in [2.75, 3.05) is 19.8 Å². The zero-order valence-corrected chi connectivity index (χ0v) is 15.8. The fraction of sp³-hybridized carbons (Fsp3) is 0.353. The van der Waals surface area contributed by atoms with Crippen molar-refractivity contribution in [3.63, 3.8) is 0 Å². The molecule has 1 atom stereocenters. The summed E-state index contributed by atoms with van der Waals surface area (Å²) in [4.78, 5) is 12.4. The van der Waals surface area contributed by atoms with Crippen LogP contribution in [0.25, 0.3) is 10.1 Å². The molecule has 5 nitrogen and oxygen atoms in total. The molecule has 25 heavy (non-hydrogen) atoms. The highest BCUT2D eigenvalue weighted by atomic mass is 32.1. The fourth-order valence-electron chi connectivity index (χ4n) is 2.34. The second-order valence-corrected chi connectivity index (χ2v) is 8.04. The molecule has 1 aromatic heterocycles. The van der Waals surface area contributed by atoms with Gasteiger partial charge < -0.3 is 13.8 Å². The molecule has 2 aromatic rings. The first-order chi connectivity index (χ1) is 12.0. The van der Waals surface area contributed by atoms with Crippen LogP contribution in [-0.2, 0) is 18.3 Å². The number of rotatable bonds is 9. The topological polar surface area (TPSA) is 61.8 Å². The van der Waals surface area contributed by atoms with Gasteiger partial charge in [0.05, 0.1) is 13.2 Å². The average molecular weight is 386 g/mol. The minimum Gasteiger partial charge on any atom is -0.457 e. The molecule has 1 unspecified atom stereocenters. The van der Waals surface area contributed by atoms with E-state index in [1.54, 1.807) is 38.1 Å². The summed E-state index contributed by atoms with van der Waals surface area (Å²) in [6.07, 6.45) is 1.42. The molecule has 0 saturated carbocycles. The second kappa shape index (κ2) is 8.72. The predicted octanol–water partition coefficient (Wildman–Crippen LogP) is 5.48. The van der Waals surface area contributed by atoms with Gasteiger partial charge in [-0.3, -0.25) is 4.57 Å². The zero-order chi connectivity index (χ0) is 18.4. The third-order valence-corrected chi connectivity index (χ3v) is 6.50. The van der Waals surface area contributed by atoms with Crippen molar-refractivity contribution in [1.29, 1.82) is 0 Å². The number of fused-ring (bicyclic) bond motifs is 1. The molecular formula is C17H20FO5PS. The van der Waals surface area contributed by atoms with E-state index in [0.717, 1.165) is 11.3 Å². The van der Waals surface area contributed by atoms with Gasteiger partial charge in [-0.1, -0.05) is 30.9 Å². The van der Waals surface area contributed by atoms with Gasteiger partial charge in [0, 0.05) is 15.6 Å². The Kier molecular flexibility index (Phi) is 6.90. The molecule has 0 fully saturated rings. The maximum atomic E-state index is 15.3. The molecule has 0 spiro atoms. The van der Waals surface area contributed by atoms with Crippen LogP contribution in [0.2, 0.25) is 0 Å². The average Bonchev–Trinajstić information content (AvgIpc) is 2.98. The number of carbonyl (C=O) groups excluding carboxylic acids is 1. The number of halogens is 1. The number of alkyl halides is 1. The molecule has 0 N–H and O–H groups in total. The first-order valence-electron chi connectivity index (χ1n) is 7.80. The van der Waals surface area contributed by atoms with E-state index < -0.39 is 19.5 Å². The van der Waals surface area contributed by atoms with Crippen molar-refractivity contribution in [1.82, 2.24) is 0 Å². The standard InChI is InChI=1S/C17H20FO5PS/c1-4-11-21-17(19)15-14(12-9-7-8-10-13(12)25-15)16(18)24(20,22-5-2)23-6-3/h4,7-10,16H,1,5-6,11H2,2-3H3. The highest BCUT2D eigenvalue weighted by Gasteiger charge is 2.41. The van der Waals surface area contributed by atoms with E-state index >= 15 is 4.39 Å². The summed E-state index contributed by atoms with van der Waals surface area (Å²) in [5, 5.41) is 0.491. The predicted molar refractivity (Wildman–Crippen MR) is 97.0 cm³/mol. The lowest BCUT2D eigenvalue weighted by Gasteiger charge is -2.21. The van der Waals surface area contributed by atoms with Gasteiger partial charge in [0.15, 0.2) is 0 Å². The summed E-state index contributed by atoms with van der Waals surface area (Å²) in [7, 11) is -4.08. The van der Waals surface area contributed by atoms with E-state index in [0.29, 0.717) is 10.1 Å². The lowest BCUT2D eigenvalue weighted by Crippen LogP contribution is -2.09. The summed E-state index contributed by atoms with van der Waals surface area (Å²) >= 11 is 1.08. The van der Waals surface area contributed by atoms with E-state index in [9.17, 15) is 9.36 Å². The third kappa shape index (κ3) is 4.18. The highest BCUT2D eigenvalue weighted by molar-refractivity contribution is 7.54. The third-order valence-electron chi connectivity index (χ3n) is 3.29. The second-order valence-electron chi connectivity index (χ2n) is 4.94. The molecule has 0 bridgehead atoms. The minimum atomic E-state index is -4.08. The Morgan fingerprint density at radius 1 is 1.32 bits per heavy atom. The Morgan fingerprint density at radius 2 is 1.96 bits per heavy atom. The van der Waals surface area contributed by atoms with E-state index in [-0.39, 0.29) is 30.3 Å². The van der Waals surface area contributed by atoms with Crippen molar-refractivity contribution >= 4 is 35.0 Å². The molecule has 1 aromatic carbocycles. The van der Waals surface area contributed by atoms with Crippen molar-refractivity contribution in [3.8, 4) is 0 Å². The van der Waals surface area contributed by atoms with Crippen LogP contribution in [0.15, 0.2) is 36.9 Å². The molecule has 0 aliphatic rings. The lowest BCUT2D eigenvalue weighted by molar-refractivity contribution is 0.0553. The molecule has 2 rings (SSSR count). The Bertz CT molecular complexity index is 793. The first-order valence-corrected chi connectivity index (χ1v) is 10.2. The van der Waals surface area contributed by atoms with Crippen LogP contribution in [-0.4, -0.2) is 25.8 Å². The normalized spacial score (nSPS) is 12.9. The Balaban J connectivity index is 2.58. The van der Waals surface area contributed by atoms with Gasteiger partial charge in [-0.05, 0) is 19.9 Å². The first kappa shape index (κ1) is 19.8. The SMILES string of the molecule is C=CCOC(=O)c1sc2ccccc2c1C(F)P(=O)(OCC)OCC. The van der Waals surface area contributed by atoms with Crippen LogP contribution in [0.1, 0.15) is 35.0 Å². The molecule has 0 saturated heterocycles. The number of esters is 1. The van der Waals surface area contributed by atoms with Gasteiger partial charge in [-0.15, -0.1) is 11.3 Å². The van der Waals surface area contributed by atoms with Crippen LogP contribution in [0.4, 0.5) is 4.39 Å². The maximum Gasteiger partial charge on any atom is 0.369 e. The molecule has 0 aliphatic heterocycles. The van der Waals surface area contributed by atoms with E-state index in [4.69, 9.17) is 13.8 Å². The molecule has 0 radical (unpaired) electrons. The molecule has 8 heteroatoms. The Hall–Kier alpha value is -1.53. The quantitative estimate of drug-likeness (QED) is 0.324. The largest absolute Gasteiger partial charge is 0.457 e. The van der Waals surface area contributed by atoms with Crippen molar-refractivity contribution in [2.45, 2.75) is 19.8 Å². The van der Waals surface area contributed by atoms with Crippen LogP contribution in [0, 0.1) is 0 Å². The van der Waals surface area contributed by atoms with Crippen LogP contribution in [0.3, 0.4) is 0 Å². The minimum absolute atomic E-state index is 0.00193. The number of hydrogen-bond acceptors (Lipinski definition) is 6. The van der Waals surface area contributed by atoms with Gasteiger partial charge in [0.25, 0.3) is 0 Å². The van der Waals surface area contributed by atoms with Gasteiger partial charge in [0.1, 0.15) is 11.5 Å². The summed E-state index contributed by atoms with van der Waals surface area (Å²) in [5.74, 6) is -2.78. The highest BCUT2D eigenvalue weighted by Crippen LogP contribution is 2.63. The van der Waals surface area contributed by atoms with Crippen molar-refractivity contribution in [3.05, 3.63) is 47.4 Å². The molecule has 0 aliphatic carbocycles. The zero-order valence-electron chi connectivity index (χ0n) is 14.1. The number of ether oxygens (including phenoxy) is 1. The van der Waals surface area contributed by atoms with Crippen LogP contribution >= 0.6 is 18.9 Å². The van der Waals surface area contributed by atoms with Crippen LogP contribution < -0.4 is 0 Å². The van der Waals surface area contributed by atoms with E-state index in [1.165, 1.54) is 6.08 Å². The fourth-order valence-corrected chi connectivity index (χ4v) is 5.19. The Morgan fingerprint density at radius 3 is 2.56 bits per heavy atom. The number of hydrogen-bond donors (Lipinski definition) is 0. The number of thiophene rings is 1. The van der Waals surface area contributed by atoms with Crippen molar-refractivity contribution < 1.29 is 27.5 Å². The summed E-state index contributed by atoms with van der Waals surface area (Å²) in [6, 6.07) is 6.92. The van der Waals surface area contributed by atoms with Gasteiger partial charge in [-0.2, -0.15) is 0 Å². The summed E-state index contributed by atoms with van der Waals surface area (Å²) in [5.41, 5.74) is -0.0140. The summed E-state index contributed by atoms with van der Waals surface area (Å²) in [6.45, 7) is 6.73. The van der Waals surface area contributed by atoms with Crippen molar-refractivity contribution in [2.24, 2.45) is 0 Å². The maximum absolute atomic E-state index is 15.3. The molecule has 136 valence electrons. The number of carbonyl (C=O) groups is 1. The van der Waals surface area contributed by atoms with E-state index in [2.05, 4.69) is 6.58 Å². The summed E-state index contributed by atoms with van der Waals surface area (Å²) < 4.78 is 44.2. The van der Waals surface area contributed by atoms with Gasteiger partial charge in [0.2, 0.25) is 5.91 Å². The monoisotopic (exact) mass is 386 g/mol.